The van der Waals surface area contributed by atoms with E-state index in [1.54, 1.807) is 0 Å². The standard InChI is InChI=1S/C19H26N2/c1-4-5-6-14-11-16(20)8-9-17(14)15-7-10-19(21)18(12-15)13(2)3/h7-13H,4-6,20-21H2,1-3H3. The normalized spacial score (nSPS) is 11.0. The summed E-state index contributed by atoms with van der Waals surface area (Å²) in [7, 11) is 0. The largest absolute Gasteiger partial charge is 0.399 e. The molecule has 0 saturated carbocycles. The first-order chi connectivity index (χ1) is 10.0. The van der Waals surface area contributed by atoms with E-state index >= 15 is 0 Å². The first-order valence-electron chi connectivity index (χ1n) is 7.81. The van der Waals surface area contributed by atoms with Crippen LogP contribution < -0.4 is 11.5 Å². The van der Waals surface area contributed by atoms with Crippen molar-refractivity contribution in [2.45, 2.75) is 46.0 Å². The van der Waals surface area contributed by atoms with Gasteiger partial charge in [0.15, 0.2) is 0 Å². The predicted octanol–water partition coefficient (Wildman–Crippen LogP) is 4.98. The summed E-state index contributed by atoms with van der Waals surface area (Å²) in [6, 6.07) is 12.6. The van der Waals surface area contributed by atoms with Gasteiger partial charge in [0.25, 0.3) is 0 Å². The molecule has 0 unspecified atom stereocenters. The maximum Gasteiger partial charge on any atom is 0.0349 e. The Labute approximate surface area is 128 Å². The van der Waals surface area contributed by atoms with Crippen LogP contribution in [0.4, 0.5) is 11.4 Å². The van der Waals surface area contributed by atoms with E-state index in [0.29, 0.717) is 5.92 Å². The molecule has 0 heterocycles. The van der Waals surface area contributed by atoms with E-state index in [1.165, 1.54) is 35.1 Å². The number of benzene rings is 2. The number of nitrogen functional groups attached to an aromatic ring is 2. The van der Waals surface area contributed by atoms with Gasteiger partial charge >= 0.3 is 0 Å². The summed E-state index contributed by atoms with van der Waals surface area (Å²) in [5, 5.41) is 0. The van der Waals surface area contributed by atoms with Gasteiger partial charge in [-0.1, -0.05) is 39.3 Å². The Morgan fingerprint density at radius 2 is 1.76 bits per heavy atom. The molecule has 0 aromatic heterocycles. The Hall–Kier alpha value is -1.96. The van der Waals surface area contributed by atoms with Gasteiger partial charge in [0, 0.05) is 11.4 Å². The molecule has 4 N–H and O–H groups in total. The van der Waals surface area contributed by atoms with Crippen molar-refractivity contribution in [1.29, 1.82) is 0 Å². The number of hydrogen-bond acceptors (Lipinski definition) is 2. The van der Waals surface area contributed by atoms with Crippen LogP contribution in [0.15, 0.2) is 36.4 Å². The molecule has 2 aromatic carbocycles. The summed E-state index contributed by atoms with van der Waals surface area (Å²) in [4.78, 5) is 0. The number of anilines is 2. The van der Waals surface area contributed by atoms with Crippen molar-refractivity contribution in [2.75, 3.05) is 11.5 Å². The van der Waals surface area contributed by atoms with E-state index in [-0.39, 0.29) is 0 Å². The molecule has 0 aliphatic carbocycles. The van der Waals surface area contributed by atoms with E-state index in [4.69, 9.17) is 11.5 Å². The molecule has 2 rings (SSSR count). The Balaban J connectivity index is 2.48. The lowest BCUT2D eigenvalue weighted by Crippen LogP contribution is -1.98. The van der Waals surface area contributed by atoms with Crippen molar-refractivity contribution in [2.24, 2.45) is 0 Å². The summed E-state index contributed by atoms with van der Waals surface area (Å²) in [5.41, 5.74) is 18.8. The minimum Gasteiger partial charge on any atom is -0.399 e. The fourth-order valence-corrected chi connectivity index (χ4v) is 2.71. The third kappa shape index (κ3) is 3.57. The van der Waals surface area contributed by atoms with Crippen molar-refractivity contribution >= 4 is 11.4 Å². The van der Waals surface area contributed by atoms with Gasteiger partial charge < -0.3 is 11.5 Å². The van der Waals surface area contributed by atoms with Crippen LogP contribution in [0.2, 0.25) is 0 Å². The highest BCUT2D eigenvalue weighted by atomic mass is 14.6. The summed E-state index contributed by atoms with van der Waals surface area (Å²) >= 11 is 0. The maximum atomic E-state index is 6.09. The molecule has 0 fully saturated rings. The fraction of sp³-hybridized carbons (Fsp3) is 0.368. The molecule has 2 aromatic rings. The summed E-state index contributed by atoms with van der Waals surface area (Å²) in [5.74, 6) is 0.429. The molecule has 2 nitrogen and oxygen atoms in total. The van der Waals surface area contributed by atoms with Gasteiger partial charge in [-0.2, -0.15) is 0 Å². The second-order valence-electron chi connectivity index (χ2n) is 6.02. The average Bonchev–Trinajstić information content (AvgIpc) is 2.45. The minimum absolute atomic E-state index is 0.429. The van der Waals surface area contributed by atoms with Crippen LogP contribution in [-0.2, 0) is 6.42 Å². The molecular weight excluding hydrogens is 256 g/mol. The first kappa shape index (κ1) is 15.4. The Bertz CT molecular complexity index is 615. The van der Waals surface area contributed by atoms with Crippen molar-refractivity contribution in [3.63, 3.8) is 0 Å². The summed E-state index contributed by atoms with van der Waals surface area (Å²) in [6.45, 7) is 6.57. The van der Waals surface area contributed by atoms with Gasteiger partial charge in [0.2, 0.25) is 0 Å². The molecule has 0 saturated heterocycles. The SMILES string of the molecule is CCCCc1cc(N)ccc1-c1ccc(N)c(C(C)C)c1. The molecule has 0 bridgehead atoms. The van der Waals surface area contributed by atoms with E-state index in [2.05, 4.69) is 45.0 Å². The van der Waals surface area contributed by atoms with Gasteiger partial charge in [0.1, 0.15) is 0 Å². The zero-order valence-corrected chi connectivity index (χ0v) is 13.3. The van der Waals surface area contributed by atoms with Gasteiger partial charge in [-0.05, 0) is 65.3 Å². The molecule has 0 amide bonds. The van der Waals surface area contributed by atoms with E-state index in [9.17, 15) is 0 Å². The lowest BCUT2D eigenvalue weighted by Gasteiger charge is -2.15. The molecular formula is C19H26N2. The van der Waals surface area contributed by atoms with E-state index in [0.717, 1.165) is 17.8 Å². The highest BCUT2D eigenvalue weighted by molar-refractivity contribution is 5.73. The number of nitrogens with two attached hydrogens (primary N) is 2. The third-order valence-electron chi connectivity index (χ3n) is 3.95. The topological polar surface area (TPSA) is 52.0 Å². The molecule has 0 radical (unpaired) electrons. The molecule has 2 heteroatoms. The van der Waals surface area contributed by atoms with Gasteiger partial charge in [-0.3, -0.25) is 0 Å². The van der Waals surface area contributed by atoms with Crippen molar-refractivity contribution < 1.29 is 0 Å². The van der Waals surface area contributed by atoms with Crippen LogP contribution in [0.5, 0.6) is 0 Å². The molecule has 21 heavy (non-hydrogen) atoms. The van der Waals surface area contributed by atoms with Crippen molar-refractivity contribution in [3.05, 3.63) is 47.5 Å². The highest BCUT2D eigenvalue weighted by Gasteiger charge is 2.10. The lowest BCUT2D eigenvalue weighted by atomic mass is 9.92. The number of hydrogen-bond donors (Lipinski definition) is 2. The van der Waals surface area contributed by atoms with Gasteiger partial charge in [0.05, 0.1) is 0 Å². The average molecular weight is 282 g/mol. The second kappa shape index (κ2) is 6.66. The summed E-state index contributed by atoms with van der Waals surface area (Å²) in [6.07, 6.45) is 3.44. The zero-order valence-electron chi connectivity index (χ0n) is 13.3. The monoisotopic (exact) mass is 282 g/mol. The van der Waals surface area contributed by atoms with E-state index < -0.39 is 0 Å². The molecule has 0 aliphatic heterocycles. The smallest absolute Gasteiger partial charge is 0.0349 e. The van der Waals surface area contributed by atoms with Crippen LogP contribution in [-0.4, -0.2) is 0 Å². The van der Waals surface area contributed by atoms with E-state index in [1.807, 2.05) is 12.1 Å². The lowest BCUT2D eigenvalue weighted by molar-refractivity contribution is 0.796. The van der Waals surface area contributed by atoms with Crippen LogP contribution in [0.25, 0.3) is 11.1 Å². The Morgan fingerprint density at radius 3 is 2.43 bits per heavy atom. The fourth-order valence-electron chi connectivity index (χ4n) is 2.71. The maximum absolute atomic E-state index is 6.09. The van der Waals surface area contributed by atoms with Crippen LogP contribution >= 0.6 is 0 Å². The molecule has 0 aliphatic rings. The van der Waals surface area contributed by atoms with Crippen LogP contribution in [0, 0.1) is 0 Å². The minimum atomic E-state index is 0.429. The highest BCUT2D eigenvalue weighted by Crippen LogP contribution is 2.31. The zero-order chi connectivity index (χ0) is 15.4. The molecule has 0 spiro atoms. The third-order valence-corrected chi connectivity index (χ3v) is 3.95. The van der Waals surface area contributed by atoms with Crippen molar-refractivity contribution in [3.8, 4) is 11.1 Å². The summed E-state index contributed by atoms with van der Waals surface area (Å²) < 4.78 is 0. The van der Waals surface area contributed by atoms with Crippen molar-refractivity contribution in [1.82, 2.24) is 0 Å². The molecule has 0 atom stereocenters. The second-order valence-corrected chi connectivity index (χ2v) is 6.02. The number of unbranched alkanes of at least 4 members (excludes halogenated alkanes) is 1. The first-order valence-corrected chi connectivity index (χ1v) is 7.81. The Kier molecular flexibility index (Phi) is 4.89. The van der Waals surface area contributed by atoms with Gasteiger partial charge in [-0.15, -0.1) is 0 Å². The predicted molar refractivity (Wildman–Crippen MR) is 93.4 cm³/mol. The van der Waals surface area contributed by atoms with Crippen LogP contribution in [0.1, 0.15) is 50.7 Å². The molecule has 112 valence electrons. The quantitative estimate of drug-likeness (QED) is 0.759. The Morgan fingerprint density at radius 1 is 1.00 bits per heavy atom. The number of aryl methyl sites for hydroxylation is 1. The van der Waals surface area contributed by atoms with Gasteiger partial charge in [-0.25, -0.2) is 0 Å². The number of rotatable bonds is 5. The van der Waals surface area contributed by atoms with Crippen LogP contribution in [0.3, 0.4) is 0 Å².